The van der Waals surface area contributed by atoms with Gasteiger partial charge in [-0.25, -0.2) is 0 Å². The Kier molecular flexibility index (Phi) is 3.50. The van der Waals surface area contributed by atoms with Gasteiger partial charge in [0.25, 0.3) is 5.24 Å². The third-order valence-electron chi connectivity index (χ3n) is 2.74. The molecule has 0 aliphatic carbocycles. The predicted molar refractivity (Wildman–Crippen MR) is 71.1 cm³/mol. The molecule has 0 fully saturated rings. The lowest BCUT2D eigenvalue weighted by molar-refractivity contribution is -0.107. The van der Waals surface area contributed by atoms with Crippen LogP contribution in [0, 0.1) is 18.8 Å². The van der Waals surface area contributed by atoms with Crippen LogP contribution < -0.4 is 0 Å². The lowest BCUT2D eigenvalue weighted by Gasteiger charge is -2.01. The van der Waals surface area contributed by atoms with E-state index in [1.807, 2.05) is 49.1 Å². The number of nitrogens with zero attached hydrogens (tertiary/aromatic N) is 2. The fourth-order valence-electron chi connectivity index (χ4n) is 1.64. The first-order valence-corrected chi connectivity index (χ1v) is 5.76. The standard InChI is InChI=1S/C14H11ClN2O/c1-10-13(9-16-17(10)2)12-6-3-11(4-7-12)5-8-14(15)18/h3-4,6-7,9H,1-2H3. The molecule has 0 bridgehead atoms. The van der Waals surface area contributed by atoms with E-state index in [0.29, 0.717) is 0 Å². The Morgan fingerprint density at radius 2 is 2.00 bits per heavy atom. The molecular weight excluding hydrogens is 248 g/mol. The molecule has 4 heteroatoms. The zero-order valence-electron chi connectivity index (χ0n) is 10.1. The number of rotatable bonds is 1. The van der Waals surface area contributed by atoms with Gasteiger partial charge in [-0.1, -0.05) is 18.1 Å². The van der Waals surface area contributed by atoms with Crippen molar-refractivity contribution in [2.75, 3.05) is 0 Å². The van der Waals surface area contributed by atoms with Gasteiger partial charge in [0, 0.05) is 23.9 Å². The molecule has 0 aliphatic heterocycles. The highest BCUT2D eigenvalue weighted by atomic mass is 35.5. The average Bonchev–Trinajstić information content (AvgIpc) is 2.68. The number of carbonyl (C=O) groups is 1. The van der Waals surface area contributed by atoms with Crippen LogP contribution in [0.15, 0.2) is 30.5 Å². The molecule has 3 nitrogen and oxygen atoms in total. The zero-order chi connectivity index (χ0) is 13.1. The maximum Gasteiger partial charge on any atom is 0.296 e. The summed E-state index contributed by atoms with van der Waals surface area (Å²) in [6.07, 6.45) is 1.83. The summed E-state index contributed by atoms with van der Waals surface area (Å²) >= 11 is 5.15. The van der Waals surface area contributed by atoms with Gasteiger partial charge in [-0.15, -0.1) is 0 Å². The zero-order valence-corrected chi connectivity index (χ0v) is 10.8. The topological polar surface area (TPSA) is 34.9 Å². The van der Waals surface area contributed by atoms with E-state index >= 15 is 0 Å². The van der Waals surface area contributed by atoms with E-state index < -0.39 is 5.24 Å². The largest absolute Gasteiger partial charge is 0.296 e. The van der Waals surface area contributed by atoms with Crippen molar-refractivity contribution in [2.45, 2.75) is 6.92 Å². The molecule has 2 aromatic rings. The molecule has 0 saturated carbocycles. The molecule has 1 aromatic carbocycles. The second kappa shape index (κ2) is 5.07. The summed E-state index contributed by atoms with van der Waals surface area (Å²) in [5.74, 6) is 4.99. The van der Waals surface area contributed by atoms with E-state index in [1.165, 1.54) is 0 Å². The van der Waals surface area contributed by atoms with E-state index in [9.17, 15) is 4.79 Å². The fourth-order valence-corrected chi connectivity index (χ4v) is 1.68. The first-order valence-electron chi connectivity index (χ1n) is 5.38. The maximum atomic E-state index is 10.5. The average molecular weight is 259 g/mol. The molecule has 0 aliphatic rings. The third-order valence-corrected chi connectivity index (χ3v) is 2.83. The van der Waals surface area contributed by atoms with Gasteiger partial charge in [0.15, 0.2) is 0 Å². The van der Waals surface area contributed by atoms with Crippen molar-refractivity contribution in [1.29, 1.82) is 0 Å². The van der Waals surface area contributed by atoms with E-state index in [2.05, 4.69) is 16.9 Å². The molecule has 18 heavy (non-hydrogen) atoms. The van der Waals surface area contributed by atoms with Gasteiger partial charge < -0.3 is 0 Å². The summed E-state index contributed by atoms with van der Waals surface area (Å²) in [5, 5.41) is 3.55. The molecule has 0 atom stereocenters. The van der Waals surface area contributed by atoms with E-state index in [-0.39, 0.29) is 0 Å². The van der Waals surface area contributed by atoms with Gasteiger partial charge >= 0.3 is 0 Å². The van der Waals surface area contributed by atoms with Crippen molar-refractivity contribution >= 4 is 16.8 Å². The van der Waals surface area contributed by atoms with Crippen LogP contribution in [0.5, 0.6) is 0 Å². The number of benzene rings is 1. The Labute approximate surface area is 110 Å². The van der Waals surface area contributed by atoms with Gasteiger partial charge in [-0.2, -0.15) is 5.10 Å². The first-order chi connectivity index (χ1) is 8.58. The monoisotopic (exact) mass is 258 g/mol. The van der Waals surface area contributed by atoms with E-state index in [1.54, 1.807) is 0 Å². The second-order valence-electron chi connectivity index (χ2n) is 3.87. The van der Waals surface area contributed by atoms with Gasteiger partial charge in [0.05, 0.1) is 6.20 Å². The Morgan fingerprint density at radius 1 is 1.33 bits per heavy atom. The Balaban J connectivity index is 2.31. The number of halogens is 1. The molecule has 0 radical (unpaired) electrons. The lowest BCUT2D eigenvalue weighted by Crippen LogP contribution is -1.92. The minimum absolute atomic E-state index is 0.651. The number of aromatic nitrogens is 2. The predicted octanol–water partition coefficient (Wildman–Crippen LogP) is 2.51. The van der Waals surface area contributed by atoms with Gasteiger partial charge in [-0.05, 0) is 42.1 Å². The van der Waals surface area contributed by atoms with Crippen LogP contribution in [0.4, 0.5) is 0 Å². The first kappa shape index (κ1) is 12.4. The van der Waals surface area contributed by atoms with Gasteiger partial charge in [0.2, 0.25) is 0 Å². The van der Waals surface area contributed by atoms with Crippen molar-refractivity contribution in [1.82, 2.24) is 9.78 Å². The minimum Gasteiger partial charge on any atom is -0.272 e. The highest BCUT2D eigenvalue weighted by molar-refractivity contribution is 6.68. The molecule has 90 valence electrons. The van der Waals surface area contributed by atoms with Crippen LogP contribution in [0.1, 0.15) is 11.3 Å². The third kappa shape index (κ3) is 2.61. The lowest BCUT2D eigenvalue weighted by atomic mass is 10.1. The summed E-state index contributed by atoms with van der Waals surface area (Å²) < 4.78 is 1.83. The summed E-state index contributed by atoms with van der Waals surface area (Å²) in [5.41, 5.74) is 4.02. The van der Waals surface area contributed by atoms with Crippen molar-refractivity contribution < 1.29 is 4.79 Å². The number of hydrogen-bond donors (Lipinski definition) is 0. The summed E-state index contributed by atoms with van der Waals surface area (Å²) in [6.45, 7) is 2.02. The summed E-state index contributed by atoms with van der Waals surface area (Å²) in [4.78, 5) is 10.5. The highest BCUT2D eigenvalue weighted by Crippen LogP contribution is 2.22. The number of carbonyl (C=O) groups excluding carboxylic acids is 1. The molecule has 0 unspecified atom stereocenters. The summed E-state index contributed by atoms with van der Waals surface area (Å²) in [6, 6.07) is 7.61. The second-order valence-corrected chi connectivity index (χ2v) is 4.21. The molecule has 0 spiro atoms. The molecule has 1 aromatic heterocycles. The quantitative estimate of drug-likeness (QED) is 0.582. The molecule has 0 amide bonds. The highest BCUT2D eigenvalue weighted by Gasteiger charge is 2.05. The van der Waals surface area contributed by atoms with Crippen LogP contribution in [0.2, 0.25) is 0 Å². The molecule has 1 heterocycles. The van der Waals surface area contributed by atoms with Crippen molar-refractivity contribution in [3.05, 3.63) is 41.7 Å². The van der Waals surface area contributed by atoms with Gasteiger partial charge in [-0.3, -0.25) is 9.48 Å². The van der Waals surface area contributed by atoms with E-state index in [4.69, 9.17) is 11.6 Å². The minimum atomic E-state index is -0.651. The molecule has 2 rings (SSSR count). The Hall–Kier alpha value is -2.05. The fraction of sp³-hybridized carbons (Fsp3) is 0.143. The van der Waals surface area contributed by atoms with Crippen LogP contribution in [-0.4, -0.2) is 15.0 Å². The van der Waals surface area contributed by atoms with Crippen LogP contribution in [0.25, 0.3) is 11.1 Å². The van der Waals surface area contributed by atoms with Crippen LogP contribution >= 0.6 is 11.6 Å². The number of aryl methyl sites for hydroxylation is 1. The smallest absolute Gasteiger partial charge is 0.272 e. The SMILES string of the molecule is Cc1c(-c2ccc(C#CC(=O)Cl)cc2)cnn1C. The molecule has 0 saturated heterocycles. The number of hydrogen-bond acceptors (Lipinski definition) is 2. The van der Waals surface area contributed by atoms with Crippen molar-refractivity contribution in [3.8, 4) is 23.0 Å². The Morgan fingerprint density at radius 3 is 2.50 bits per heavy atom. The molecule has 0 N–H and O–H groups in total. The Bertz CT molecular complexity index is 645. The summed E-state index contributed by atoms with van der Waals surface area (Å²) in [7, 11) is 1.91. The van der Waals surface area contributed by atoms with E-state index in [0.717, 1.165) is 22.4 Å². The maximum absolute atomic E-state index is 10.5. The van der Waals surface area contributed by atoms with Gasteiger partial charge in [0.1, 0.15) is 0 Å². The van der Waals surface area contributed by atoms with Crippen molar-refractivity contribution in [2.24, 2.45) is 7.05 Å². The van der Waals surface area contributed by atoms with Crippen LogP contribution in [0.3, 0.4) is 0 Å². The molecular formula is C14H11ClN2O. The van der Waals surface area contributed by atoms with Crippen molar-refractivity contribution in [3.63, 3.8) is 0 Å². The van der Waals surface area contributed by atoms with Crippen LogP contribution in [-0.2, 0) is 11.8 Å². The normalized spacial score (nSPS) is 9.72.